The first kappa shape index (κ1) is 22.4. The number of aromatic nitrogens is 2. The fourth-order valence-electron chi connectivity index (χ4n) is 3.42. The summed E-state index contributed by atoms with van der Waals surface area (Å²) in [6.45, 7) is 4.91. The minimum Gasteiger partial charge on any atom is -0.493 e. The second kappa shape index (κ2) is 9.79. The van der Waals surface area contributed by atoms with E-state index in [1.165, 1.54) is 4.31 Å². The van der Waals surface area contributed by atoms with Crippen molar-refractivity contribution in [3.8, 4) is 5.75 Å². The number of fused-ring (bicyclic) bond motifs is 1. The Kier molecular flexibility index (Phi) is 7.08. The van der Waals surface area contributed by atoms with Crippen molar-refractivity contribution in [2.24, 2.45) is 0 Å². The van der Waals surface area contributed by atoms with E-state index in [1.54, 1.807) is 36.0 Å². The van der Waals surface area contributed by atoms with Crippen molar-refractivity contribution in [1.82, 2.24) is 13.9 Å². The van der Waals surface area contributed by atoms with Gasteiger partial charge in [-0.25, -0.2) is 13.4 Å². The molecule has 3 aromatic rings. The van der Waals surface area contributed by atoms with Gasteiger partial charge in [-0.1, -0.05) is 23.4 Å². The van der Waals surface area contributed by atoms with E-state index in [2.05, 4.69) is 4.57 Å². The molecule has 0 N–H and O–H groups in total. The highest BCUT2D eigenvalue weighted by Gasteiger charge is 2.27. The second-order valence-corrected chi connectivity index (χ2v) is 10.4. The Bertz CT molecular complexity index is 1140. The smallest absolute Gasteiger partial charge is 0.243 e. The molecule has 31 heavy (non-hydrogen) atoms. The van der Waals surface area contributed by atoms with Crippen LogP contribution in [0.3, 0.4) is 0 Å². The number of imidazole rings is 1. The van der Waals surface area contributed by atoms with Crippen molar-refractivity contribution in [3.63, 3.8) is 0 Å². The van der Waals surface area contributed by atoms with Crippen molar-refractivity contribution in [3.05, 3.63) is 47.5 Å². The van der Waals surface area contributed by atoms with Crippen LogP contribution in [0, 0.1) is 0 Å². The van der Waals surface area contributed by atoms with Crippen LogP contribution in [0.4, 0.5) is 0 Å². The van der Waals surface area contributed by atoms with E-state index in [1.807, 2.05) is 25.1 Å². The Balaban J connectivity index is 1.48. The predicted molar refractivity (Wildman–Crippen MR) is 123 cm³/mol. The second-order valence-electron chi connectivity index (χ2n) is 6.96. The van der Waals surface area contributed by atoms with Gasteiger partial charge in [-0.15, -0.1) is 0 Å². The summed E-state index contributed by atoms with van der Waals surface area (Å²) in [5.74, 6) is 1.48. The molecule has 1 fully saturated rings. The molecule has 0 bridgehead atoms. The summed E-state index contributed by atoms with van der Waals surface area (Å²) in [6.07, 6.45) is 0. The minimum absolute atomic E-state index is 0.269. The number of halogens is 1. The molecule has 7 nitrogen and oxygen atoms in total. The first-order chi connectivity index (χ1) is 15.0. The fourth-order valence-corrected chi connectivity index (χ4v) is 5.87. The molecule has 10 heteroatoms. The first-order valence-corrected chi connectivity index (χ1v) is 12.9. The molecule has 0 spiro atoms. The number of ether oxygens (including phenoxy) is 2. The lowest BCUT2D eigenvalue weighted by Crippen LogP contribution is -2.40. The minimum atomic E-state index is -3.55. The molecular formula is C21H24ClN3O4S2. The fraction of sp³-hybridized carbons (Fsp3) is 0.381. The molecule has 1 aromatic heterocycles. The number of thioether (sulfide) groups is 1. The zero-order valence-corrected chi connectivity index (χ0v) is 19.5. The van der Waals surface area contributed by atoms with Crippen LogP contribution in [0.15, 0.2) is 52.5 Å². The molecule has 2 heterocycles. The van der Waals surface area contributed by atoms with Gasteiger partial charge in [0.25, 0.3) is 0 Å². The van der Waals surface area contributed by atoms with Gasteiger partial charge in [0, 0.05) is 30.4 Å². The summed E-state index contributed by atoms with van der Waals surface area (Å²) in [5, 5.41) is 1.52. The van der Waals surface area contributed by atoms with Crippen molar-refractivity contribution in [1.29, 1.82) is 0 Å². The van der Waals surface area contributed by atoms with Crippen LogP contribution in [0.2, 0.25) is 5.02 Å². The molecule has 4 rings (SSSR count). The van der Waals surface area contributed by atoms with E-state index in [4.69, 9.17) is 26.1 Å². The number of benzene rings is 2. The molecule has 0 atom stereocenters. The maximum Gasteiger partial charge on any atom is 0.243 e. The van der Waals surface area contributed by atoms with Gasteiger partial charge >= 0.3 is 0 Å². The van der Waals surface area contributed by atoms with Gasteiger partial charge < -0.3 is 14.0 Å². The molecule has 1 aliphatic heterocycles. The van der Waals surface area contributed by atoms with Crippen LogP contribution in [-0.4, -0.2) is 60.9 Å². The lowest BCUT2D eigenvalue weighted by atomic mass is 10.3. The molecule has 1 aliphatic rings. The number of hydrogen-bond donors (Lipinski definition) is 0. The van der Waals surface area contributed by atoms with Crippen molar-refractivity contribution in [2.45, 2.75) is 23.5 Å². The van der Waals surface area contributed by atoms with Crippen molar-refractivity contribution in [2.75, 3.05) is 38.7 Å². The van der Waals surface area contributed by atoms with Crippen LogP contribution in [0.25, 0.3) is 11.0 Å². The zero-order chi connectivity index (χ0) is 21.8. The number of hydrogen-bond acceptors (Lipinski definition) is 6. The topological polar surface area (TPSA) is 73.7 Å². The summed E-state index contributed by atoms with van der Waals surface area (Å²) >= 11 is 7.48. The highest BCUT2D eigenvalue weighted by Crippen LogP contribution is 2.27. The van der Waals surface area contributed by atoms with Gasteiger partial charge in [0.2, 0.25) is 10.0 Å². The van der Waals surface area contributed by atoms with Gasteiger partial charge in [-0.05, 0) is 49.4 Å². The van der Waals surface area contributed by atoms with E-state index < -0.39 is 10.0 Å². The highest BCUT2D eigenvalue weighted by molar-refractivity contribution is 7.99. The Morgan fingerprint density at radius 1 is 1.16 bits per heavy atom. The largest absolute Gasteiger partial charge is 0.493 e. The number of nitrogens with zero attached hydrogens (tertiary/aromatic N) is 3. The Hall–Kier alpha value is -1.78. The Labute approximate surface area is 191 Å². The third-order valence-electron chi connectivity index (χ3n) is 5.01. The number of sulfonamides is 1. The van der Waals surface area contributed by atoms with Crippen LogP contribution < -0.4 is 4.74 Å². The van der Waals surface area contributed by atoms with Gasteiger partial charge in [-0.3, -0.25) is 0 Å². The maximum atomic E-state index is 13.0. The Morgan fingerprint density at radius 2 is 1.90 bits per heavy atom. The Morgan fingerprint density at radius 3 is 2.61 bits per heavy atom. The summed E-state index contributed by atoms with van der Waals surface area (Å²) in [6, 6.07) is 12.4. The zero-order valence-electron chi connectivity index (χ0n) is 17.2. The van der Waals surface area contributed by atoms with Gasteiger partial charge in [0.05, 0.1) is 35.7 Å². The standard InChI is InChI=1S/C21H24ClN3O4S2/c1-2-25-20-8-7-18(31(26,27)24-9-11-28-12-10-24)15-19(20)23-21(25)30-14-13-29-17-5-3-16(22)4-6-17/h3-8,15H,2,9-14H2,1H3. The van der Waals surface area contributed by atoms with E-state index in [9.17, 15) is 8.42 Å². The van der Waals surface area contributed by atoms with Gasteiger partial charge in [0.1, 0.15) is 5.75 Å². The van der Waals surface area contributed by atoms with Crippen LogP contribution >= 0.6 is 23.4 Å². The quantitative estimate of drug-likeness (QED) is 0.359. The lowest BCUT2D eigenvalue weighted by molar-refractivity contribution is 0.0730. The summed E-state index contributed by atoms with van der Waals surface area (Å²) < 4.78 is 40.5. The average Bonchev–Trinajstić information content (AvgIpc) is 3.15. The first-order valence-electron chi connectivity index (χ1n) is 10.1. The maximum absolute atomic E-state index is 13.0. The van der Waals surface area contributed by atoms with Gasteiger partial charge in [-0.2, -0.15) is 4.31 Å². The molecule has 0 amide bonds. The summed E-state index contributed by atoms with van der Waals surface area (Å²) in [4.78, 5) is 4.97. The van der Waals surface area contributed by atoms with E-state index >= 15 is 0 Å². The van der Waals surface area contributed by atoms with Crippen LogP contribution in [-0.2, 0) is 21.3 Å². The molecule has 2 aromatic carbocycles. The monoisotopic (exact) mass is 481 g/mol. The summed E-state index contributed by atoms with van der Waals surface area (Å²) in [5.41, 5.74) is 1.60. The SMILES string of the molecule is CCn1c(SCCOc2ccc(Cl)cc2)nc2cc(S(=O)(=O)N3CCOCC3)ccc21. The molecular weight excluding hydrogens is 458 g/mol. The molecule has 0 saturated carbocycles. The lowest BCUT2D eigenvalue weighted by Gasteiger charge is -2.26. The average molecular weight is 482 g/mol. The number of rotatable bonds is 8. The number of morpholine rings is 1. The molecule has 0 unspecified atom stereocenters. The van der Waals surface area contributed by atoms with E-state index in [0.717, 1.165) is 23.0 Å². The molecule has 166 valence electrons. The van der Waals surface area contributed by atoms with E-state index in [0.29, 0.717) is 49.2 Å². The molecule has 0 aliphatic carbocycles. The van der Waals surface area contributed by atoms with Gasteiger partial charge in [0.15, 0.2) is 5.16 Å². The summed E-state index contributed by atoms with van der Waals surface area (Å²) in [7, 11) is -3.55. The third kappa shape index (κ3) is 5.01. The highest BCUT2D eigenvalue weighted by atomic mass is 35.5. The predicted octanol–water partition coefficient (Wildman–Crippen LogP) is 3.90. The molecule has 1 saturated heterocycles. The third-order valence-corrected chi connectivity index (χ3v) is 8.09. The van der Waals surface area contributed by atoms with Crippen molar-refractivity contribution >= 4 is 44.4 Å². The molecule has 0 radical (unpaired) electrons. The van der Waals surface area contributed by atoms with E-state index in [-0.39, 0.29) is 4.90 Å². The van der Waals surface area contributed by atoms with Crippen LogP contribution in [0.5, 0.6) is 5.75 Å². The number of aryl methyl sites for hydroxylation is 1. The van der Waals surface area contributed by atoms with Crippen molar-refractivity contribution < 1.29 is 17.9 Å². The van der Waals surface area contributed by atoms with Crippen LogP contribution in [0.1, 0.15) is 6.92 Å². The normalized spacial score (nSPS) is 15.4.